The summed E-state index contributed by atoms with van der Waals surface area (Å²) in [5.74, 6) is 0.820. The monoisotopic (exact) mass is 563 g/mol. The normalized spacial score (nSPS) is 15.4. The van der Waals surface area contributed by atoms with Gasteiger partial charge in [0.15, 0.2) is 11.5 Å². The summed E-state index contributed by atoms with van der Waals surface area (Å²) in [7, 11) is 4.49. The number of furan rings is 1. The van der Waals surface area contributed by atoms with Crippen LogP contribution < -0.4 is 19.5 Å². The summed E-state index contributed by atoms with van der Waals surface area (Å²) < 4.78 is 29.5. The van der Waals surface area contributed by atoms with E-state index in [2.05, 4.69) is 15.6 Å². The number of para-hydroxylation sites is 1. The molecule has 2 amide bonds. The van der Waals surface area contributed by atoms with Crippen molar-refractivity contribution < 1.29 is 33.0 Å². The van der Waals surface area contributed by atoms with E-state index >= 15 is 0 Å². The number of fused-ring (bicyclic) bond motifs is 1. The molecule has 0 radical (unpaired) electrons. The maximum Gasteiger partial charge on any atom is 0.247 e. The highest BCUT2D eigenvalue weighted by molar-refractivity contribution is 5.89. The Bertz CT molecular complexity index is 1450. The zero-order valence-corrected chi connectivity index (χ0v) is 23.2. The van der Waals surface area contributed by atoms with Crippen molar-refractivity contribution in [1.29, 1.82) is 0 Å². The van der Waals surface area contributed by atoms with Crippen molar-refractivity contribution in [3.05, 3.63) is 66.1 Å². The average molecular weight is 564 g/mol. The van der Waals surface area contributed by atoms with Gasteiger partial charge in [0.25, 0.3) is 0 Å². The molecule has 2 atom stereocenters. The molecule has 1 fully saturated rings. The first kappa shape index (κ1) is 28.0. The number of nitrogens with one attached hydrogen (secondary N) is 1. The van der Waals surface area contributed by atoms with Gasteiger partial charge >= 0.3 is 0 Å². The molecule has 0 bridgehead atoms. The van der Waals surface area contributed by atoms with Crippen molar-refractivity contribution >= 4 is 22.8 Å². The molecule has 1 aliphatic heterocycles. The highest BCUT2D eigenvalue weighted by atomic mass is 16.5. The van der Waals surface area contributed by atoms with E-state index in [1.807, 2.05) is 24.3 Å². The van der Waals surface area contributed by atoms with Gasteiger partial charge in [-0.2, -0.15) is 0 Å². The van der Waals surface area contributed by atoms with Gasteiger partial charge in [0.2, 0.25) is 17.6 Å². The third-order valence-corrected chi connectivity index (χ3v) is 7.02. The van der Waals surface area contributed by atoms with Crippen LogP contribution in [0.15, 0.2) is 59.2 Å². The summed E-state index contributed by atoms with van der Waals surface area (Å²) in [4.78, 5) is 29.6. The van der Waals surface area contributed by atoms with Crippen LogP contribution in [0.1, 0.15) is 30.2 Å². The lowest BCUT2D eigenvalue weighted by Crippen LogP contribution is -2.46. The quantitative estimate of drug-likeness (QED) is 0.276. The molecule has 1 N–H and O–H groups in total. The van der Waals surface area contributed by atoms with Gasteiger partial charge < -0.3 is 33.6 Å². The fraction of sp³-hybridized carbons (Fsp3) is 0.379. The van der Waals surface area contributed by atoms with Crippen LogP contribution in [0.3, 0.4) is 0 Å². The lowest BCUT2D eigenvalue weighted by Gasteiger charge is -2.31. The molecule has 0 saturated carbocycles. The van der Waals surface area contributed by atoms with E-state index in [1.165, 1.54) is 37.2 Å². The Kier molecular flexibility index (Phi) is 8.68. The summed E-state index contributed by atoms with van der Waals surface area (Å²) >= 11 is 0. The van der Waals surface area contributed by atoms with E-state index in [-0.39, 0.29) is 25.1 Å². The molecule has 41 heavy (non-hydrogen) atoms. The van der Waals surface area contributed by atoms with Gasteiger partial charge in [-0.3, -0.25) is 9.59 Å². The first-order chi connectivity index (χ1) is 20.0. The second-order valence-electron chi connectivity index (χ2n) is 9.58. The Balaban J connectivity index is 1.56. The Hall–Kier alpha value is -4.58. The van der Waals surface area contributed by atoms with Crippen LogP contribution in [0.2, 0.25) is 0 Å². The SMILES string of the molecule is COc1cc(C(C(=O)NCC2CCCO2)N(Cc2ccco2)C(=O)Cn2nnc3ccccc32)cc(OC)c1OC. The summed E-state index contributed by atoms with van der Waals surface area (Å²) in [6, 6.07) is 13.1. The summed E-state index contributed by atoms with van der Waals surface area (Å²) in [6.45, 7) is 0.844. The first-order valence-corrected chi connectivity index (χ1v) is 13.3. The van der Waals surface area contributed by atoms with Gasteiger partial charge in [-0.15, -0.1) is 5.10 Å². The Morgan fingerprint density at radius 2 is 1.88 bits per heavy atom. The Labute approximate surface area is 237 Å². The van der Waals surface area contributed by atoms with Crippen LogP contribution in [-0.4, -0.2) is 72.3 Å². The number of hydrogen-bond donors (Lipinski definition) is 1. The number of benzene rings is 2. The van der Waals surface area contributed by atoms with Gasteiger partial charge in [-0.1, -0.05) is 17.3 Å². The van der Waals surface area contributed by atoms with E-state index < -0.39 is 11.9 Å². The summed E-state index contributed by atoms with van der Waals surface area (Å²) in [5, 5.41) is 11.3. The van der Waals surface area contributed by atoms with Crippen molar-refractivity contribution in [3.8, 4) is 17.2 Å². The minimum Gasteiger partial charge on any atom is -0.493 e. The Morgan fingerprint density at radius 3 is 2.54 bits per heavy atom. The fourth-order valence-corrected chi connectivity index (χ4v) is 5.00. The maximum atomic E-state index is 14.1. The first-order valence-electron chi connectivity index (χ1n) is 13.3. The van der Waals surface area contributed by atoms with E-state index in [9.17, 15) is 9.59 Å². The van der Waals surface area contributed by atoms with Gasteiger partial charge in [-0.25, -0.2) is 4.68 Å². The molecular formula is C29H33N5O7. The van der Waals surface area contributed by atoms with Crippen molar-refractivity contribution in [2.24, 2.45) is 0 Å². The highest BCUT2D eigenvalue weighted by Crippen LogP contribution is 2.41. The van der Waals surface area contributed by atoms with Crippen LogP contribution in [-0.2, 0) is 27.4 Å². The second-order valence-corrected chi connectivity index (χ2v) is 9.58. The molecular weight excluding hydrogens is 530 g/mol. The van der Waals surface area contributed by atoms with Crippen LogP contribution in [0, 0.1) is 0 Å². The molecule has 2 aromatic heterocycles. The topological polar surface area (TPSA) is 130 Å². The summed E-state index contributed by atoms with van der Waals surface area (Å²) in [6.07, 6.45) is 3.22. The molecule has 1 saturated heterocycles. The van der Waals surface area contributed by atoms with Gasteiger partial charge in [0.1, 0.15) is 23.9 Å². The second kappa shape index (κ2) is 12.7. The standard InChI is InChI=1S/C29H33N5O7/c1-37-24-14-19(15-25(38-2)28(24)39-3)27(29(36)30-16-20-8-6-12-40-20)33(17-21-9-7-13-41-21)26(35)18-34-23-11-5-4-10-22(23)31-32-34/h4-5,7,9-11,13-15,20,27H,6,8,12,16-18H2,1-3H3,(H,30,36). The number of amides is 2. The van der Waals surface area contributed by atoms with Crippen molar-refractivity contribution in [3.63, 3.8) is 0 Å². The van der Waals surface area contributed by atoms with E-state index in [1.54, 1.807) is 24.3 Å². The number of hydrogen-bond acceptors (Lipinski definition) is 9. The average Bonchev–Trinajstić information content (AvgIpc) is 3.78. The minimum atomic E-state index is -1.09. The minimum absolute atomic E-state index is 0.0210. The molecule has 0 spiro atoms. The molecule has 0 aliphatic carbocycles. The zero-order valence-electron chi connectivity index (χ0n) is 23.2. The molecule has 2 unspecified atom stereocenters. The van der Waals surface area contributed by atoms with E-state index in [0.29, 0.717) is 52.8 Å². The number of rotatable bonds is 12. The number of methoxy groups -OCH3 is 3. The van der Waals surface area contributed by atoms with Crippen molar-refractivity contribution in [2.75, 3.05) is 34.5 Å². The van der Waals surface area contributed by atoms with Gasteiger partial charge in [0.05, 0.1) is 45.8 Å². The summed E-state index contributed by atoms with van der Waals surface area (Å²) in [5.41, 5.74) is 1.83. The van der Waals surface area contributed by atoms with Crippen LogP contribution in [0.4, 0.5) is 0 Å². The lowest BCUT2D eigenvalue weighted by atomic mass is 10.0. The molecule has 1 aliphatic rings. The molecule has 12 nitrogen and oxygen atoms in total. The van der Waals surface area contributed by atoms with Crippen molar-refractivity contribution in [1.82, 2.24) is 25.2 Å². The predicted octanol–water partition coefficient (Wildman–Crippen LogP) is 3.12. The molecule has 216 valence electrons. The molecule has 2 aromatic carbocycles. The fourth-order valence-electron chi connectivity index (χ4n) is 5.00. The predicted molar refractivity (Wildman–Crippen MR) is 148 cm³/mol. The van der Waals surface area contributed by atoms with E-state index in [0.717, 1.165) is 12.8 Å². The number of ether oxygens (including phenoxy) is 4. The lowest BCUT2D eigenvalue weighted by molar-refractivity contribution is -0.142. The number of aromatic nitrogens is 3. The molecule has 5 rings (SSSR count). The smallest absolute Gasteiger partial charge is 0.247 e. The van der Waals surface area contributed by atoms with Crippen LogP contribution in [0.5, 0.6) is 17.2 Å². The third kappa shape index (κ3) is 6.12. The Morgan fingerprint density at radius 1 is 1.10 bits per heavy atom. The number of carbonyl (C=O) groups excluding carboxylic acids is 2. The molecule has 4 aromatic rings. The van der Waals surface area contributed by atoms with E-state index in [4.69, 9.17) is 23.4 Å². The maximum absolute atomic E-state index is 14.1. The van der Waals surface area contributed by atoms with Crippen LogP contribution in [0.25, 0.3) is 11.0 Å². The molecule has 3 heterocycles. The van der Waals surface area contributed by atoms with Gasteiger partial charge in [-0.05, 0) is 54.8 Å². The third-order valence-electron chi connectivity index (χ3n) is 7.02. The van der Waals surface area contributed by atoms with Crippen LogP contribution >= 0.6 is 0 Å². The van der Waals surface area contributed by atoms with Gasteiger partial charge in [0, 0.05) is 13.2 Å². The number of carbonyl (C=O) groups is 2. The number of nitrogens with zero attached hydrogens (tertiary/aromatic N) is 4. The highest BCUT2D eigenvalue weighted by Gasteiger charge is 2.35. The molecule has 12 heteroatoms. The zero-order chi connectivity index (χ0) is 28.8. The van der Waals surface area contributed by atoms with Crippen molar-refractivity contribution in [2.45, 2.75) is 38.1 Å². The largest absolute Gasteiger partial charge is 0.493 e.